The zero-order valence-electron chi connectivity index (χ0n) is 10.5. The smallest absolute Gasteiger partial charge is 0.273 e. The van der Waals surface area contributed by atoms with Crippen LogP contribution < -0.4 is 5.73 Å². The molecule has 1 aliphatic heterocycles. The minimum atomic E-state index is -3.30. The average Bonchev–Trinajstić information content (AvgIpc) is 2.84. The second-order valence-electron chi connectivity index (χ2n) is 4.19. The number of nitrogen functional groups attached to an aromatic ring is 1. The maximum Gasteiger partial charge on any atom is 0.273 e. The predicted molar refractivity (Wildman–Crippen MR) is 74.6 cm³/mol. The number of hydrogen-bond donors (Lipinski definition) is 2. The van der Waals surface area contributed by atoms with Gasteiger partial charge in [-0.3, -0.25) is 9.89 Å². The zero-order chi connectivity index (χ0) is 14.0. The van der Waals surface area contributed by atoms with Crippen molar-refractivity contribution in [2.45, 2.75) is 12.3 Å². The lowest BCUT2D eigenvalue weighted by Crippen LogP contribution is -2.50. The quantitative estimate of drug-likeness (QED) is 0.810. The third-order valence-corrected chi connectivity index (χ3v) is 6.28. The van der Waals surface area contributed by atoms with Crippen LogP contribution in [0.5, 0.6) is 0 Å². The van der Waals surface area contributed by atoms with Crippen LogP contribution in [0.1, 0.15) is 17.4 Å². The van der Waals surface area contributed by atoms with Gasteiger partial charge in [0.25, 0.3) is 5.91 Å². The molecule has 1 aromatic heterocycles. The lowest BCUT2D eigenvalue weighted by Gasteiger charge is -2.34. The van der Waals surface area contributed by atoms with E-state index in [0.717, 1.165) is 5.75 Å². The molecule has 1 unspecified atom stereocenters. The van der Waals surface area contributed by atoms with Gasteiger partial charge >= 0.3 is 0 Å². The maximum atomic E-state index is 12.3. The predicted octanol–water partition coefficient (Wildman–Crippen LogP) is -0.0583. The molecule has 1 aromatic rings. The summed E-state index contributed by atoms with van der Waals surface area (Å²) in [4.78, 5) is 13.7. The molecule has 106 valence electrons. The second kappa shape index (κ2) is 5.41. The van der Waals surface area contributed by atoms with Crippen LogP contribution in [0.15, 0.2) is 6.07 Å². The first-order valence-corrected chi connectivity index (χ1v) is 8.74. The van der Waals surface area contributed by atoms with Crippen molar-refractivity contribution in [1.82, 2.24) is 15.1 Å². The summed E-state index contributed by atoms with van der Waals surface area (Å²) in [5.74, 6) is 1.00. The summed E-state index contributed by atoms with van der Waals surface area (Å²) >= 11 is 1.54. The van der Waals surface area contributed by atoms with Gasteiger partial charge in [-0.05, 0) is 0 Å². The molecule has 19 heavy (non-hydrogen) atoms. The van der Waals surface area contributed by atoms with Crippen LogP contribution in [0.3, 0.4) is 0 Å². The van der Waals surface area contributed by atoms with E-state index in [-0.39, 0.29) is 23.2 Å². The summed E-state index contributed by atoms with van der Waals surface area (Å²) < 4.78 is 24.1. The molecular weight excluding hydrogens is 288 g/mol. The highest BCUT2D eigenvalue weighted by Gasteiger charge is 2.36. The van der Waals surface area contributed by atoms with E-state index in [1.54, 1.807) is 18.7 Å². The highest BCUT2D eigenvalue weighted by Crippen LogP contribution is 2.23. The molecule has 1 aliphatic rings. The van der Waals surface area contributed by atoms with Gasteiger partial charge in [-0.1, -0.05) is 6.92 Å². The van der Waals surface area contributed by atoms with E-state index in [4.69, 9.17) is 5.73 Å². The van der Waals surface area contributed by atoms with Crippen LogP contribution in [0.25, 0.3) is 0 Å². The molecule has 1 fully saturated rings. The van der Waals surface area contributed by atoms with E-state index in [0.29, 0.717) is 12.3 Å². The van der Waals surface area contributed by atoms with Crippen LogP contribution in [-0.4, -0.2) is 58.6 Å². The number of nitrogens with two attached hydrogens (primary N) is 1. The number of anilines is 1. The summed E-state index contributed by atoms with van der Waals surface area (Å²) in [7, 11) is -3.30. The number of thioether (sulfide) groups is 1. The van der Waals surface area contributed by atoms with Crippen molar-refractivity contribution in [3.63, 3.8) is 0 Å². The summed E-state index contributed by atoms with van der Waals surface area (Å²) in [6, 6.07) is 1.42. The first-order valence-electron chi connectivity index (χ1n) is 5.87. The third-order valence-electron chi connectivity index (χ3n) is 2.99. The Morgan fingerprint density at radius 3 is 3.00 bits per heavy atom. The number of carbonyl (C=O) groups is 1. The fourth-order valence-corrected chi connectivity index (χ4v) is 4.87. The fraction of sp³-hybridized carbons (Fsp3) is 0.600. The number of hydrogen-bond acceptors (Lipinski definition) is 6. The maximum absolute atomic E-state index is 12.3. The van der Waals surface area contributed by atoms with Crippen molar-refractivity contribution < 1.29 is 13.2 Å². The molecule has 1 atom stereocenters. The normalized spacial score (nSPS) is 20.5. The molecule has 2 rings (SSSR count). The lowest BCUT2D eigenvalue weighted by molar-refractivity contribution is 0.0743. The Hall–Kier alpha value is -1.22. The molecule has 0 spiro atoms. The van der Waals surface area contributed by atoms with Gasteiger partial charge in [0.15, 0.2) is 9.84 Å². The number of aromatic amines is 1. The van der Waals surface area contributed by atoms with Gasteiger partial charge in [-0.2, -0.15) is 16.9 Å². The SMILES string of the molecule is CCS(=O)(=O)C1CSCCN1C(=O)c1cc(N)n[nH]1. The molecule has 0 aromatic carbocycles. The monoisotopic (exact) mass is 304 g/mol. The van der Waals surface area contributed by atoms with Gasteiger partial charge in [0, 0.05) is 29.9 Å². The number of H-pyrrole nitrogens is 1. The van der Waals surface area contributed by atoms with Gasteiger partial charge in [0.05, 0.1) is 0 Å². The van der Waals surface area contributed by atoms with Crippen molar-refractivity contribution in [2.24, 2.45) is 0 Å². The Bertz CT molecular complexity index is 569. The van der Waals surface area contributed by atoms with Gasteiger partial charge in [-0.25, -0.2) is 8.42 Å². The number of nitrogens with one attached hydrogen (secondary N) is 1. The van der Waals surface area contributed by atoms with Crippen molar-refractivity contribution in [3.05, 3.63) is 11.8 Å². The highest BCUT2D eigenvalue weighted by atomic mass is 32.2. The third kappa shape index (κ3) is 2.86. The summed E-state index contributed by atoms with van der Waals surface area (Å²) in [6.07, 6.45) is 0. The number of sulfone groups is 1. The van der Waals surface area contributed by atoms with Crippen LogP contribution in [0.4, 0.5) is 5.82 Å². The second-order valence-corrected chi connectivity index (χ2v) is 7.78. The molecular formula is C10H16N4O3S2. The largest absolute Gasteiger partial charge is 0.382 e. The Labute approximate surface area is 115 Å². The molecule has 0 bridgehead atoms. The van der Waals surface area contributed by atoms with E-state index in [9.17, 15) is 13.2 Å². The number of nitrogens with zero attached hydrogens (tertiary/aromatic N) is 2. The Kier molecular flexibility index (Phi) is 4.04. The zero-order valence-corrected chi connectivity index (χ0v) is 12.1. The average molecular weight is 304 g/mol. The molecule has 7 nitrogen and oxygen atoms in total. The summed E-state index contributed by atoms with van der Waals surface area (Å²) in [5.41, 5.74) is 5.68. The molecule has 0 radical (unpaired) electrons. The first kappa shape index (κ1) is 14.2. The van der Waals surface area contributed by atoms with Crippen LogP contribution in [-0.2, 0) is 9.84 Å². The van der Waals surface area contributed by atoms with Crippen molar-refractivity contribution in [1.29, 1.82) is 0 Å². The molecule has 2 heterocycles. The van der Waals surface area contributed by atoms with Crippen LogP contribution >= 0.6 is 11.8 Å². The fourth-order valence-electron chi connectivity index (χ4n) is 1.90. The Morgan fingerprint density at radius 1 is 1.68 bits per heavy atom. The molecule has 0 aliphatic carbocycles. The van der Waals surface area contributed by atoms with Gasteiger partial charge in [-0.15, -0.1) is 0 Å². The topological polar surface area (TPSA) is 109 Å². The number of amides is 1. The van der Waals surface area contributed by atoms with E-state index in [1.165, 1.54) is 11.0 Å². The van der Waals surface area contributed by atoms with E-state index >= 15 is 0 Å². The van der Waals surface area contributed by atoms with E-state index in [1.807, 2.05) is 0 Å². The Balaban J connectivity index is 2.27. The van der Waals surface area contributed by atoms with Gasteiger partial charge in [0.2, 0.25) is 0 Å². The minimum Gasteiger partial charge on any atom is -0.382 e. The molecule has 3 N–H and O–H groups in total. The van der Waals surface area contributed by atoms with Crippen LogP contribution in [0, 0.1) is 0 Å². The number of rotatable bonds is 3. The molecule has 1 amide bonds. The van der Waals surface area contributed by atoms with Gasteiger partial charge in [0.1, 0.15) is 16.9 Å². The number of carbonyl (C=O) groups excluding carboxylic acids is 1. The summed E-state index contributed by atoms with van der Waals surface area (Å²) in [5, 5.41) is 5.45. The van der Waals surface area contributed by atoms with Crippen molar-refractivity contribution >= 4 is 33.3 Å². The molecule has 0 saturated carbocycles. The standard InChI is InChI=1S/C10H16N4O3S2/c1-2-19(16,17)9-6-18-4-3-14(9)10(15)7-5-8(11)13-12-7/h5,9H,2-4,6H2,1H3,(H3,11,12,13). The van der Waals surface area contributed by atoms with Crippen molar-refractivity contribution in [3.8, 4) is 0 Å². The van der Waals surface area contributed by atoms with E-state index < -0.39 is 15.2 Å². The van der Waals surface area contributed by atoms with Crippen molar-refractivity contribution in [2.75, 3.05) is 29.5 Å². The highest BCUT2D eigenvalue weighted by molar-refractivity contribution is 8.01. The number of aromatic nitrogens is 2. The molecule has 9 heteroatoms. The van der Waals surface area contributed by atoms with E-state index in [2.05, 4.69) is 10.2 Å². The first-order chi connectivity index (χ1) is 8.95. The molecule has 1 saturated heterocycles. The minimum absolute atomic E-state index is 0.0210. The lowest BCUT2D eigenvalue weighted by atomic mass is 10.3. The van der Waals surface area contributed by atoms with Gasteiger partial charge < -0.3 is 10.6 Å². The van der Waals surface area contributed by atoms with Crippen LogP contribution in [0.2, 0.25) is 0 Å². The Morgan fingerprint density at radius 2 is 2.42 bits per heavy atom. The summed E-state index contributed by atoms with van der Waals surface area (Å²) in [6.45, 7) is 2.00.